The summed E-state index contributed by atoms with van der Waals surface area (Å²) in [5.41, 5.74) is 8.18. The molecule has 0 fully saturated rings. The molecule has 1 aromatic rings. The summed E-state index contributed by atoms with van der Waals surface area (Å²) < 4.78 is 10.5. The molecule has 1 atom stereocenters. The molecular formula is C12H19NO2. The molecule has 0 aliphatic heterocycles. The van der Waals surface area contributed by atoms with E-state index in [1.165, 1.54) is 0 Å². The average molecular weight is 209 g/mol. The molecule has 1 rings (SSSR count). The quantitative estimate of drug-likeness (QED) is 0.827. The molecular weight excluding hydrogens is 190 g/mol. The van der Waals surface area contributed by atoms with E-state index in [9.17, 15) is 0 Å². The fraction of sp³-hybridized carbons (Fsp3) is 0.500. The van der Waals surface area contributed by atoms with Gasteiger partial charge < -0.3 is 15.2 Å². The Kier molecular flexibility index (Phi) is 3.97. The molecule has 0 aromatic heterocycles. The molecule has 0 saturated carbocycles. The zero-order valence-corrected chi connectivity index (χ0v) is 9.83. The maximum atomic E-state index is 5.93. The van der Waals surface area contributed by atoms with Gasteiger partial charge in [-0.2, -0.15) is 0 Å². The standard InChI is InChI=1S/C12H19NO2/c1-5-10-11(8(2)13)6-9(14-3)7-12(10)15-4/h6-8H,5,13H2,1-4H3. The third-order valence-corrected chi connectivity index (χ3v) is 2.52. The Labute approximate surface area is 91.2 Å². The van der Waals surface area contributed by atoms with Crippen LogP contribution in [0.15, 0.2) is 12.1 Å². The fourth-order valence-corrected chi connectivity index (χ4v) is 1.73. The van der Waals surface area contributed by atoms with Gasteiger partial charge in [-0.05, 0) is 30.5 Å². The van der Waals surface area contributed by atoms with E-state index < -0.39 is 0 Å². The summed E-state index contributed by atoms with van der Waals surface area (Å²) in [6, 6.07) is 3.86. The van der Waals surface area contributed by atoms with Crippen LogP contribution in [-0.2, 0) is 6.42 Å². The summed E-state index contributed by atoms with van der Waals surface area (Å²) in [6.45, 7) is 4.06. The predicted octanol–water partition coefficient (Wildman–Crippen LogP) is 2.29. The van der Waals surface area contributed by atoms with Crippen molar-refractivity contribution in [1.29, 1.82) is 0 Å². The van der Waals surface area contributed by atoms with Crippen molar-refractivity contribution in [2.75, 3.05) is 14.2 Å². The van der Waals surface area contributed by atoms with Crippen LogP contribution in [0.1, 0.15) is 31.0 Å². The Morgan fingerprint density at radius 3 is 2.33 bits per heavy atom. The maximum Gasteiger partial charge on any atom is 0.126 e. The number of hydrogen-bond acceptors (Lipinski definition) is 3. The van der Waals surface area contributed by atoms with Crippen LogP contribution in [0.2, 0.25) is 0 Å². The molecule has 0 spiro atoms. The van der Waals surface area contributed by atoms with E-state index in [0.717, 1.165) is 29.0 Å². The lowest BCUT2D eigenvalue weighted by Gasteiger charge is -2.17. The predicted molar refractivity (Wildman–Crippen MR) is 61.5 cm³/mol. The third kappa shape index (κ3) is 2.42. The molecule has 0 saturated heterocycles. The molecule has 0 radical (unpaired) electrons. The van der Waals surface area contributed by atoms with Crippen LogP contribution in [0.5, 0.6) is 11.5 Å². The first-order valence-corrected chi connectivity index (χ1v) is 5.14. The van der Waals surface area contributed by atoms with Crippen molar-refractivity contribution in [3.63, 3.8) is 0 Å². The van der Waals surface area contributed by atoms with E-state index in [4.69, 9.17) is 15.2 Å². The van der Waals surface area contributed by atoms with Gasteiger partial charge in [0.1, 0.15) is 11.5 Å². The maximum absolute atomic E-state index is 5.93. The smallest absolute Gasteiger partial charge is 0.126 e. The lowest BCUT2D eigenvalue weighted by atomic mass is 9.98. The van der Waals surface area contributed by atoms with Gasteiger partial charge >= 0.3 is 0 Å². The molecule has 0 amide bonds. The lowest BCUT2D eigenvalue weighted by Crippen LogP contribution is -2.09. The van der Waals surface area contributed by atoms with Gasteiger partial charge in [0, 0.05) is 12.1 Å². The second kappa shape index (κ2) is 5.03. The van der Waals surface area contributed by atoms with Crippen molar-refractivity contribution in [2.24, 2.45) is 5.73 Å². The molecule has 15 heavy (non-hydrogen) atoms. The monoisotopic (exact) mass is 209 g/mol. The molecule has 1 aromatic carbocycles. The molecule has 3 heteroatoms. The highest BCUT2D eigenvalue weighted by atomic mass is 16.5. The Morgan fingerprint density at radius 1 is 1.27 bits per heavy atom. The minimum absolute atomic E-state index is 0.0102. The molecule has 0 bridgehead atoms. The van der Waals surface area contributed by atoms with Crippen molar-refractivity contribution in [2.45, 2.75) is 26.3 Å². The molecule has 0 aliphatic carbocycles. The van der Waals surface area contributed by atoms with Gasteiger partial charge in [0.15, 0.2) is 0 Å². The highest BCUT2D eigenvalue weighted by Gasteiger charge is 2.13. The SMILES string of the molecule is CCc1c(OC)cc(OC)cc1C(C)N. The van der Waals surface area contributed by atoms with Crippen LogP contribution in [0.4, 0.5) is 0 Å². The summed E-state index contributed by atoms with van der Waals surface area (Å²) in [6.07, 6.45) is 0.907. The Balaban J connectivity index is 3.32. The normalized spacial score (nSPS) is 12.3. The number of ether oxygens (including phenoxy) is 2. The summed E-state index contributed by atoms with van der Waals surface area (Å²) in [5, 5.41) is 0. The Hall–Kier alpha value is -1.22. The minimum atomic E-state index is -0.0102. The van der Waals surface area contributed by atoms with E-state index in [2.05, 4.69) is 6.92 Å². The Bertz CT molecular complexity index is 335. The first-order chi connectivity index (χ1) is 7.13. The molecule has 2 N–H and O–H groups in total. The number of benzene rings is 1. The van der Waals surface area contributed by atoms with E-state index >= 15 is 0 Å². The van der Waals surface area contributed by atoms with Crippen molar-refractivity contribution < 1.29 is 9.47 Å². The van der Waals surface area contributed by atoms with Crippen LogP contribution in [0.3, 0.4) is 0 Å². The van der Waals surface area contributed by atoms with Crippen LogP contribution in [-0.4, -0.2) is 14.2 Å². The van der Waals surface area contributed by atoms with Crippen LogP contribution in [0.25, 0.3) is 0 Å². The molecule has 0 aliphatic rings. The zero-order valence-electron chi connectivity index (χ0n) is 9.83. The zero-order chi connectivity index (χ0) is 11.4. The van der Waals surface area contributed by atoms with Crippen molar-refractivity contribution >= 4 is 0 Å². The number of rotatable bonds is 4. The van der Waals surface area contributed by atoms with Gasteiger partial charge in [0.2, 0.25) is 0 Å². The van der Waals surface area contributed by atoms with E-state index in [0.29, 0.717) is 0 Å². The van der Waals surface area contributed by atoms with Gasteiger partial charge in [-0.25, -0.2) is 0 Å². The van der Waals surface area contributed by atoms with Gasteiger partial charge in [-0.15, -0.1) is 0 Å². The van der Waals surface area contributed by atoms with Crippen molar-refractivity contribution in [3.05, 3.63) is 23.3 Å². The summed E-state index contributed by atoms with van der Waals surface area (Å²) in [7, 11) is 3.31. The van der Waals surface area contributed by atoms with Crippen LogP contribution >= 0.6 is 0 Å². The van der Waals surface area contributed by atoms with Gasteiger partial charge in [0.25, 0.3) is 0 Å². The lowest BCUT2D eigenvalue weighted by molar-refractivity contribution is 0.389. The van der Waals surface area contributed by atoms with Crippen LogP contribution in [0, 0.1) is 0 Å². The van der Waals surface area contributed by atoms with E-state index in [1.807, 2.05) is 19.1 Å². The molecule has 84 valence electrons. The second-order valence-electron chi connectivity index (χ2n) is 3.54. The van der Waals surface area contributed by atoms with Gasteiger partial charge in [-0.3, -0.25) is 0 Å². The first-order valence-electron chi connectivity index (χ1n) is 5.14. The van der Waals surface area contributed by atoms with Crippen molar-refractivity contribution in [3.8, 4) is 11.5 Å². The second-order valence-corrected chi connectivity index (χ2v) is 3.54. The summed E-state index contributed by atoms with van der Waals surface area (Å²) >= 11 is 0. The largest absolute Gasteiger partial charge is 0.497 e. The topological polar surface area (TPSA) is 44.5 Å². The Morgan fingerprint density at radius 2 is 1.93 bits per heavy atom. The van der Waals surface area contributed by atoms with Crippen molar-refractivity contribution in [1.82, 2.24) is 0 Å². The molecule has 1 unspecified atom stereocenters. The number of hydrogen-bond donors (Lipinski definition) is 1. The minimum Gasteiger partial charge on any atom is -0.497 e. The van der Waals surface area contributed by atoms with E-state index in [-0.39, 0.29) is 6.04 Å². The average Bonchev–Trinajstić information content (AvgIpc) is 2.26. The first kappa shape index (κ1) is 11.9. The number of methoxy groups -OCH3 is 2. The summed E-state index contributed by atoms with van der Waals surface area (Å²) in [5.74, 6) is 1.64. The van der Waals surface area contributed by atoms with Gasteiger partial charge in [0.05, 0.1) is 14.2 Å². The molecule has 0 heterocycles. The van der Waals surface area contributed by atoms with E-state index in [1.54, 1.807) is 14.2 Å². The number of nitrogens with two attached hydrogens (primary N) is 1. The summed E-state index contributed by atoms with van der Waals surface area (Å²) in [4.78, 5) is 0. The fourth-order valence-electron chi connectivity index (χ4n) is 1.73. The highest BCUT2D eigenvalue weighted by molar-refractivity contribution is 5.47. The molecule has 3 nitrogen and oxygen atoms in total. The third-order valence-electron chi connectivity index (χ3n) is 2.52. The highest BCUT2D eigenvalue weighted by Crippen LogP contribution is 2.31. The van der Waals surface area contributed by atoms with Crippen LogP contribution < -0.4 is 15.2 Å². The van der Waals surface area contributed by atoms with Gasteiger partial charge in [-0.1, -0.05) is 6.92 Å².